The first-order chi connectivity index (χ1) is 18.1. The zero-order valence-electron chi connectivity index (χ0n) is 21.2. The molecule has 0 saturated carbocycles. The molecule has 1 aromatic heterocycles. The molecule has 37 heavy (non-hydrogen) atoms. The van der Waals surface area contributed by atoms with E-state index < -0.39 is 5.97 Å². The van der Waals surface area contributed by atoms with Crippen LogP contribution < -0.4 is 0 Å². The zero-order chi connectivity index (χ0) is 25.9. The summed E-state index contributed by atoms with van der Waals surface area (Å²) >= 11 is 0. The van der Waals surface area contributed by atoms with Crippen molar-refractivity contribution in [3.8, 4) is 11.3 Å². The van der Waals surface area contributed by atoms with Crippen molar-refractivity contribution in [2.75, 3.05) is 13.1 Å². The van der Waals surface area contributed by atoms with E-state index in [0.29, 0.717) is 12.0 Å². The van der Waals surface area contributed by atoms with E-state index in [9.17, 15) is 9.59 Å². The summed E-state index contributed by atoms with van der Waals surface area (Å²) in [5, 5.41) is 9.88. The second-order valence-corrected chi connectivity index (χ2v) is 9.38. The van der Waals surface area contributed by atoms with Crippen molar-refractivity contribution < 1.29 is 14.7 Å². The number of hydrogen-bond acceptors (Lipinski definition) is 3. The summed E-state index contributed by atoms with van der Waals surface area (Å²) in [6.45, 7) is 1.66. The van der Waals surface area contributed by atoms with Crippen molar-refractivity contribution in [3.63, 3.8) is 0 Å². The molecule has 2 heterocycles. The van der Waals surface area contributed by atoms with Gasteiger partial charge in [-0.3, -0.25) is 9.59 Å². The largest absolute Gasteiger partial charge is 0.481 e. The van der Waals surface area contributed by atoms with Crippen LogP contribution in [0.15, 0.2) is 91.0 Å². The quantitative estimate of drug-likeness (QED) is 0.281. The Morgan fingerprint density at radius 2 is 1.43 bits per heavy atom. The predicted octanol–water partition coefficient (Wildman–Crippen LogP) is 7.01. The van der Waals surface area contributed by atoms with Gasteiger partial charge in [-0.05, 0) is 68.4 Å². The van der Waals surface area contributed by atoms with E-state index in [2.05, 4.69) is 6.07 Å². The average Bonchev–Trinajstić information content (AvgIpc) is 2.96. The first-order valence-corrected chi connectivity index (χ1v) is 13.1. The van der Waals surface area contributed by atoms with Gasteiger partial charge in [-0.25, -0.2) is 4.98 Å². The SMILES string of the molecule is O=C(O)CCCCc1cc2cc(C(=O)N3CCCCC3)ccc2nc1-c1ccccc1.c1ccccc1. The molecule has 1 aliphatic rings. The molecule has 1 saturated heterocycles. The molecule has 0 radical (unpaired) electrons. The van der Waals surface area contributed by atoms with Crippen LogP contribution in [-0.2, 0) is 11.2 Å². The van der Waals surface area contributed by atoms with Crippen LogP contribution in [0, 0.1) is 0 Å². The Labute approximate surface area is 218 Å². The van der Waals surface area contributed by atoms with Crippen LogP contribution in [0.1, 0.15) is 54.4 Å². The van der Waals surface area contributed by atoms with Crippen LogP contribution >= 0.6 is 0 Å². The summed E-state index contributed by atoms with van der Waals surface area (Å²) in [4.78, 5) is 30.7. The molecule has 1 N–H and O–H groups in total. The van der Waals surface area contributed by atoms with Gasteiger partial charge in [0.05, 0.1) is 11.2 Å². The summed E-state index contributed by atoms with van der Waals surface area (Å²) in [6.07, 6.45) is 5.68. The van der Waals surface area contributed by atoms with Crippen LogP contribution in [0.3, 0.4) is 0 Å². The van der Waals surface area contributed by atoms with E-state index in [4.69, 9.17) is 10.1 Å². The number of rotatable bonds is 7. The molecule has 3 aromatic carbocycles. The molecular formula is C32H34N2O3. The normalized spacial score (nSPS) is 13.0. The number of nitrogens with zero attached hydrogens (tertiary/aromatic N) is 2. The number of fused-ring (bicyclic) bond motifs is 1. The number of aromatic nitrogens is 1. The number of unbranched alkanes of at least 4 members (excludes halogenated alkanes) is 1. The summed E-state index contributed by atoms with van der Waals surface area (Å²) in [5.41, 5.74) is 4.64. The highest BCUT2D eigenvalue weighted by Crippen LogP contribution is 2.28. The summed E-state index contributed by atoms with van der Waals surface area (Å²) in [6, 6.07) is 30.0. The number of carboxylic acid groups (broad SMARTS) is 1. The van der Waals surface area contributed by atoms with Gasteiger partial charge in [-0.2, -0.15) is 0 Å². The van der Waals surface area contributed by atoms with Gasteiger partial charge in [0, 0.05) is 36.0 Å². The van der Waals surface area contributed by atoms with Crippen molar-refractivity contribution in [3.05, 3.63) is 102 Å². The zero-order valence-corrected chi connectivity index (χ0v) is 21.2. The van der Waals surface area contributed by atoms with E-state index in [1.165, 1.54) is 6.42 Å². The van der Waals surface area contributed by atoms with Gasteiger partial charge in [0.2, 0.25) is 0 Å². The van der Waals surface area contributed by atoms with Crippen molar-refractivity contribution in [1.82, 2.24) is 9.88 Å². The van der Waals surface area contributed by atoms with Gasteiger partial charge in [0.15, 0.2) is 0 Å². The number of aliphatic carboxylic acids is 1. The molecule has 0 spiro atoms. The Morgan fingerprint density at radius 1 is 0.784 bits per heavy atom. The van der Waals surface area contributed by atoms with Crippen molar-refractivity contribution in [2.45, 2.75) is 44.9 Å². The fourth-order valence-electron chi connectivity index (χ4n) is 4.65. The second-order valence-electron chi connectivity index (χ2n) is 9.38. The minimum absolute atomic E-state index is 0.0942. The Bertz CT molecular complexity index is 1270. The topological polar surface area (TPSA) is 70.5 Å². The number of carboxylic acids is 1. The Hall–Kier alpha value is -3.99. The molecule has 0 aliphatic carbocycles. The molecule has 1 aliphatic heterocycles. The highest BCUT2D eigenvalue weighted by atomic mass is 16.4. The minimum atomic E-state index is -0.763. The highest BCUT2D eigenvalue weighted by molar-refractivity contribution is 5.98. The summed E-state index contributed by atoms with van der Waals surface area (Å²) < 4.78 is 0. The van der Waals surface area contributed by atoms with Crippen LogP contribution in [0.5, 0.6) is 0 Å². The van der Waals surface area contributed by atoms with Gasteiger partial charge in [-0.1, -0.05) is 66.7 Å². The van der Waals surface area contributed by atoms with E-state index >= 15 is 0 Å². The smallest absolute Gasteiger partial charge is 0.303 e. The standard InChI is InChI=1S/C26H28N2O3.C6H6/c29-24(30)12-6-5-11-20-17-22-18-21(26(31)28-15-7-2-8-16-28)13-14-23(22)27-25(20)19-9-3-1-4-10-19;1-2-4-6-5-3-1/h1,3-4,9-10,13-14,17-18H,2,5-8,11-12,15-16H2,(H,29,30);1-6H. The fourth-order valence-corrected chi connectivity index (χ4v) is 4.65. The van der Waals surface area contributed by atoms with Gasteiger partial charge in [0.1, 0.15) is 0 Å². The maximum Gasteiger partial charge on any atom is 0.303 e. The Kier molecular flexibility index (Phi) is 9.41. The molecule has 5 nitrogen and oxygen atoms in total. The van der Waals surface area contributed by atoms with E-state index in [1.54, 1.807) is 0 Å². The molecule has 5 rings (SSSR count). The van der Waals surface area contributed by atoms with Crippen LogP contribution in [0.2, 0.25) is 0 Å². The number of likely N-dealkylation sites (tertiary alicyclic amines) is 1. The number of benzene rings is 3. The number of amides is 1. The number of aryl methyl sites for hydroxylation is 1. The number of hydrogen-bond donors (Lipinski definition) is 1. The van der Waals surface area contributed by atoms with Crippen LogP contribution in [-0.4, -0.2) is 40.0 Å². The lowest BCUT2D eigenvalue weighted by Gasteiger charge is -2.26. The minimum Gasteiger partial charge on any atom is -0.481 e. The first kappa shape index (κ1) is 26.1. The van der Waals surface area contributed by atoms with E-state index in [-0.39, 0.29) is 12.3 Å². The number of carbonyl (C=O) groups excluding carboxylic acids is 1. The molecule has 1 fully saturated rings. The van der Waals surface area contributed by atoms with E-state index in [1.807, 2.05) is 89.8 Å². The lowest BCUT2D eigenvalue weighted by Crippen LogP contribution is -2.35. The molecule has 0 unspecified atom stereocenters. The fraction of sp³-hybridized carbons (Fsp3) is 0.281. The monoisotopic (exact) mass is 494 g/mol. The Morgan fingerprint density at radius 3 is 2.08 bits per heavy atom. The van der Waals surface area contributed by atoms with Gasteiger partial charge in [-0.15, -0.1) is 0 Å². The number of carbonyl (C=O) groups is 2. The Balaban J connectivity index is 0.000000469. The maximum absolute atomic E-state index is 12.9. The van der Waals surface area contributed by atoms with Crippen LogP contribution in [0.25, 0.3) is 22.2 Å². The summed E-state index contributed by atoms with van der Waals surface area (Å²) in [5.74, 6) is -0.669. The third kappa shape index (κ3) is 7.50. The van der Waals surface area contributed by atoms with E-state index in [0.717, 1.165) is 66.5 Å². The molecule has 190 valence electrons. The van der Waals surface area contributed by atoms with Crippen molar-refractivity contribution in [2.24, 2.45) is 0 Å². The highest BCUT2D eigenvalue weighted by Gasteiger charge is 2.19. The molecule has 0 atom stereocenters. The molecular weight excluding hydrogens is 460 g/mol. The summed E-state index contributed by atoms with van der Waals surface area (Å²) in [7, 11) is 0. The van der Waals surface area contributed by atoms with Gasteiger partial charge in [0.25, 0.3) is 5.91 Å². The van der Waals surface area contributed by atoms with Gasteiger partial charge >= 0.3 is 5.97 Å². The predicted molar refractivity (Wildman–Crippen MR) is 149 cm³/mol. The number of pyridine rings is 1. The number of piperidine rings is 1. The molecule has 0 bridgehead atoms. The lowest BCUT2D eigenvalue weighted by molar-refractivity contribution is -0.137. The van der Waals surface area contributed by atoms with Crippen molar-refractivity contribution in [1.29, 1.82) is 0 Å². The molecule has 5 heteroatoms. The maximum atomic E-state index is 12.9. The van der Waals surface area contributed by atoms with Gasteiger partial charge < -0.3 is 10.0 Å². The molecule has 1 amide bonds. The first-order valence-electron chi connectivity index (χ1n) is 13.1. The average molecular weight is 495 g/mol. The third-order valence-corrected chi connectivity index (χ3v) is 6.58. The molecule has 4 aromatic rings. The lowest BCUT2D eigenvalue weighted by atomic mass is 9.98. The van der Waals surface area contributed by atoms with Crippen molar-refractivity contribution >= 4 is 22.8 Å². The second kappa shape index (κ2) is 13.4. The third-order valence-electron chi connectivity index (χ3n) is 6.58. The van der Waals surface area contributed by atoms with Crippen LogP contribution in [0.4, 0.5) is 0 Å².